The standard InChI is InChI=1S/C22H25N3O2/c1-16(26)18-7-9-20(10-8-18)25-21-15-19(12-14-23-21)22(27)24-13-11-17-5-3-2-4-6-17/h5,7-10,12,14-15H,2-4,6,11,13H2,1H3,(H,23,25)(H,24,27). The van der Waals surface area contributed by atoms with Crippen molar-refractivity contribution >= 4 is 23.2 Å². The number of carbonyl (C=O) groups is 2. The fraction of sp³-hybridized carbons (Fsp3) is 0.318. The molecule has 0 spiro atoms. The zero-order valence-corrected chi connectivity index (χ0v) is 15.6. The largest absolute Gasteiger partial charge is 0.352 e. The number of rotatable bonds is 7. The molecule has 0 bridgehead atoms. The Morgan fingerprint density at radius 1 is 1.07 bits per heavy atom. The van der Waals surface area contributed by atoms with Crippen LogP contribution in [0.4, 0.5) is 11.5 Å². The van der Waals surface area contributed by atoms with Crippen LogP contribution < -0.4 is 10.6 Å². The average molecular weight is 363 g/mol. The molecule has 2 N–H and O–H groups in total. The number of aromatic nitrogens is 1. The number of nitrogens with zero attached hydrogens (tertiary/aromatic N) is 1. The molecule has 0 aliphatic heterocycles. The Labute approximate surface area is 159 Å². The highest BCUT2D eigenvalue weighted by atomic mass is 16.1. The zero-order chi connectivity index (χ0) is 19.1. The molecule has 1 amide bonds. The molecule has 0 radical (unpaired) electrons. The molecule has 1 aliphatic rings. The highest BCUT2D eigenvalue weighted by Gasteiger charge is 2.09. The van der Waals surface area contributed by atoms with Gasteiger partial charge in [-0.3, -0.25) is 9.59 Å². The molecule has 1 aromatic carbocycles. The van der Waals surface area contributed by atoms with Crippen LogP contribution in [0, 0.1) is 0 Å². The Morgan fingerprint density at radius 2 is 1.89 bits per heavy atom. The van der Waals surface area contributed by atoms with E-state index in [0.717, 1.165) is 24.9 Å². The van der Waals surface area contributed by atoms with Gasteiger partial charge in [-0.05, 0) is 75.4 Å². The highest BCUT2D eigenvalue weighted by molar-refractivity contribution is 5.95. The summed E-state index contributed by atoms with van der Waals surface area (Å²) in [6, 6.07) is 10.6. The van der Waals surface area contributed by atoms with Crippen molar-refractivity contribution in [3.8, 4) is 0 Å². The first-order chi connectivity index (χ1) is 13.1. The molecule has 0 atom stereocenters. The zero-order valence-electron chi connectivity index (χ0n) is 15.6. The minimum absolute atomic E-state index is 0.0299. The van der Waals surface area contributed by atoms with Gasteiger partial charge in [-0.2, -0.15) is 0 Å². The topological polar surface area (TPSA) is 71.1 Å². The molecule has 1 aromatic heterocycles. The van der Waals surface area contributed by atoms with E-state index in [9.17, 15) is 9.59 Å². The smallest absolute Gasteiger partial charge is 0.251 e. The first-order valence-corrected chi connectivity index (χ1v) is 9.42. The number of pyridine rings is 1. The molecule has 27 heavy (non-hydrogen) atoms. The molecule has 0 fully saturated rings. The Bertz CT molecular complexity index is 841. The second-order valence-electron chi connectivity index (χ2n) is 6.80. The number of anilines is 2. The van der Waals surface area contributed by atoms with Crippen molar-refractivity contribution < 1.29 is 9.59 Å². The van der Waals surface area contributed by atoms with Crippen LogP contribution in [0.25, 0.3) is 0 Å². The van der Waals surface area contributed by atoms with Crippen LogP contribution in [-0.4, -0.2) is 23.2 Å². The van der Waals surface area contributed by atoms with Gasteiger partial charge < -0.3 is 10.6 Å². The molecule has 0 saturated carbocycles. The van der Waals surface area contributed by atoms with E-state index in [1.807, 2.05) is 12.1 Å². The van der Waals surface area contributed by atoms with Gasteiger partial charge in [0.25, 0.3) is 5.91 Å². The summed E-state index contributed by atoms with van der Waals surface area (Å²) in [5, 5.41) is 6.15. The van der Waals surface area contributed by atoms with E-state index in [4.69, 9.17) is 0 Å². The van der Waals surface area contributed by atoms with Gasteiger partial charge in [0.05, 0.1) is 0 Å². The van der Waals surface area contributed by atoms with E-state index in [2.05, 4.69) is 21.7 Å². The van der Waals surface area contributed by atoms with Gasteiger partial charge in [0.1, 0.15) is 5.82 Å². The number of carbonyl (C=O) groups excluding carboxylic acids is 2. The Balaban J connectivity index is 1.56. The lowest BCUT2D eigenvalue weighted by atomic mass is 9.97. The Morgan fingerprint density at radius 3 is 2.59 bits per heavy atom. The van der Waals surface area contributed by atoms with Crippen molar-refractivity contribution in [2.45, 2.75) is 39.0 Å². The first-order valence-electron chi connectivity index (χ1n) is 9.42. The van der Waals surface area contributed by atoms with Gasteiger partial charge in [-0.15, -0.1) is 0 Å². The number of hydrogen-bond acceptors (Lipinski definition) is 4. The first kappa shape index (κ1) is 18.8. The summed E-state index contributed by atoms with van der Waals surface area (Å²) in [6.07, 6.45) is 9.70. The quantitative estimate of drug-likeness (QED) is 0.555. The summed E-state index contributed by atoms with van der Waals surface area (Å²) < 4.78 is 0. The number of ketones is 1. The van der Waals surface area contributed by atoms with Gasteiger partial charge in [0.2, 0.25) is 0 Å². The molecule has 1 aliphatic carbocycles. The third-order valence-electron chi connectivity index (χ3n) is 4.70. The fourth-order valence-corrected chi connectivity index (χ4v) is 3.15. The summed E-state index contributed by atoms with van der Waals surface area (Å²) in [5.41, 5.74) is 3.50. The molecule has 5 heteroatoms. The maximum absolute atomic E-state index is 12.4. The van der Waals surface area contributed by atoms with Crippen LogP contribution >= 0.6 is 0 Å². The summed E-state index contributed by atoms with van der Waals surface area (Å²) in [5.74, 6) is 0.527. The van der Waals surface area contributed by atoms with Gasteiger partial charge in [-0.25, -0.2) is 4.98 Å². The summed E-state index contributed by atoms with van der Waals surface area (Å²) in [7, 11) is 0. The summed E-state index contributed by atoms with van der Waals surface area (Å²) in [4.78, 5) is 28.0. The van der Waals surface area contributed by atoms with Gasteiger partial charge in [0, 0.05) is 29.6 Å². The molecule has 3 rings (SSSR count). The van der Waals surface area contributed by atoms with Gasteiger partial charge >= 0.3 is 0 Å². The second-order valence-corrected chi connectivity index (χ2v) is 6.80. The van der Waals surface area contributed by atoms with Crippen LogP contribution in [0.5, 0.6) is 0 Å². The van der Waals surface area contributed by atoms with Crippen molar-refractivity contribution in [2.75, 3.05) is 11.9 Å². The molecule has 2 aromatic rings. The molecule has 5 nitrogen and oxygen atoms in total. The van der Waals surface area contributed by atoms with E-state index < -0.39 is 0 Å². The van der Waals surface area contributed by atoms with E-state index >= 15 is 0 Å². The van der Waals surface area contributed by atoms with Crippen LogP contribution in [0.3, 0.4) is 0 Å². The van der Waals surface area contributed by atoms with E-state index in [-0.39, 0.29) is 11.7 Å². The predicted molar refractivity (Wildman–Crippen MR) is 107 cm³/mol. The highest BCUT2D eigenvalue weighted by Crippen LogP contribution is 2.20. The van der Waals surface area contributed by atoms with E-state index in [0.29, 0.717) is 23.5 Å². The lowest BCUT2D eigenvalue weighted by molar-refractivity contribution is 0.0953. The predicted octanol–water partition coefficient (Wildman–Crippen LogP) is 4.65. The summed E-state index contributed by atoms with van der Waals surface area (Å²) >= 11 is 0. The molecule has 140 valence electrons. The SMILES string of the molecule is CC(=O)c1ccc(Nc2cc(C(=O)NCCC3=CCCCC3)ccn2)cc1. The molecule has 1 heterocycles. The van der Waals surface area contributed by atoms with Crippen molar-refractivity contribution in [2.24, 2.45) is 0 Å². The number of Topliss-reactive ketones (excluding diaryl/α,β-unsaturated/α-hetero) is 1. The second kappa shape index (κ2) is 9.12. The van der Waals surface area contributed by atoms with Crippen molar-refractivity contribution in [1.82, 2.24) is 10.3 Å². The maximum atomic E-state index is 12.4. The number of nitrogens with one attached hydrogen (secondary N) is 2. The number of amides is 1. The van der Waals surface area contributed by atoms with Gasteiger partial charge in [-0.1, -0.05) is 11.6 Å². The number of allylic oxidation sites excluding steroid dienone is 1. The van der Waals surface area contributed by atoms with E-state index in [1.54, 1.807) is 30.5 Å². The average Bonchev–Trinajstić information content (AvgIpc) is 2.69. The maximum Gasteiger partial charge on any atom is 0.251 e. The minimum Gasteiger partial charge on any atom is -0.352 e. The lowest BCUT2D eigenvalue weighted by Crippen LogP contribution is -2.25. The monoisotopic (exact) mass is 363 g/mol. The Hall–Kier alpha value is -2.95. The van der Waals surface area contributed by atoms with Crippen molar-refractivity contribution in [3.05, 3.63) is 65.4 Å². The van der Waals surface area contributed by atoms with Crippen molar-refractivity contribution in [3.63, 3.8) is 0 Å². The van der Waals surface area contributed by atoms with Gasteiger partial charge in [0.15, 0.2) is 5.78 Å². The molecule has 0 unspecified atom stereocenters. The van der Waals surface area contributed by atoms with Crippen LogP contribution in [0.2, 0.25) is 0 Å². The van der Waals surface area contributed by atoms with E-state index in [1.165, 1.54) is 25.3 Å². The molecular formula is C22H25N3O2. The number of hydrogen-bond donors (Lipinski definition) is 2. The third-order valence-corrected chi connectivity index (χ3v) is 4.70. The minimum atomic E-state index is -0.0937. The van der Waals surface area contributed by atoms with Crippen LogP contribution in [-0.2, 0) is 0 Å². The van der Waals surface area contributed by atoms with Crippen LogP contribution in [0.15, 0.2) is 54.2 Å². The molecule has 0 saturated heterocycles. The van der Waals surface area contributed by atoms with Crippen molar-refractivity contribution in [1.29, 1.82) is 0 Å². The third kappa shape index (κ3) is 5.51. The molecular weight excluding hydrogens is 338 g/mol. The summed E-state index contributed by atoms with van der Waals surface area (Å²) in [6.45, 7) is 2.19. The lowest BCUT2D eigenvalue weighted by Gasteiger charge is -2.13. The number of benzene rings is 1. The normalized spacial score (nSPS) is 13.6. The van der Waals surface area contributed by atoms with Crippen LogP contribution in [0.1, 0.15) is 59.7 Å². The fourth-order valence-electron chi connectivity index (χ4n) is 3.15. The Kier molecular flexibility index (Phi) is 6.36.